The average Bonchev–Trinajstić information content (AvgIpc) is 3.68. The van der Waals surface area contributed by atoms with Crippen LogP contribution in [0.1, 0.15) is 40.4 Å². The lowest BCUT2D eigenvalue weighted by atomic mass is 10.0. The number of urea groups is 1. The minimum atomic E-state index is -4.63. The van der Waals surface area contributed by atoms with Gasteiger partial charge in [-0.2, -0.15) is 18.3 Å². The lowest BCUT2D eigenvalue weighted by Gasteiger charge is -2.33. The first-order chi connectivity index (χ1) is 19.4. The Bertz CT molecular complexity index is 1480. The number of hydrogen-bond donors (Lipinski definition) is 4. The molecule has 1 aromatic heterocycles. The summed E-state index contributed by atoms with van der Waals surface area (Å²) in [4.78, 5) is 28.7. The number of halogens is 4. The zero-order chi connectivity index (χ0) is 29.5. The van der Waals surface area contributed by atoms with Crippen LogP contribution in [0.5, 0.6) is 0 Å². The van der Waals surface area contributed by atoms with Crippen molar-refractivity contribution in [1.29, 1.82) is 0 Å². The highest BCUT2D eigenvalue weighted by atomic mass is 19.4. The standard InChI is InChI=1S/C27H30F4N8O2/c1-37-8-10-38(11-9-37)14-16-2-4-17(13-19(16)27(29,30)31)34-26(41)35-21-7-3-15(12-20(21)28)23-22(25(33)40)24(32)39(36-23)18-5-6-18/h2-4,7,12-13,18H,5-6,8-11,14,32H2,1H3,(H2,33,40)(H2,34,35,41). The number of amides is 3. The van der Waals surface area contributed by atoms with E-state index in [-0.39, 0.29) is 52.2 Å². The molecule has 2 fully saturated rings. The molecule has 3 amide bonds. The van der Waals surface area contributed by atoms with Crippen molar-refractivity contribution in [1.82, 2.24) is 19.6 Å². The SMILES string of the molecule is CN1CCN(Cc2ccc(NC(=O)Nc3ccc(-c4nn(C5CC5)c(N)c4C(N)=O)cc3F)cc2C(F)(F)F)CC1. The number of hydrogen-bond acceptors (Lipinski definition) is 6. The van der Waals surface area contributed by atoms with E-state index < -0.39 is 29.5 Å². The van der Waals surface area contributed by atoms with Crippen LogP contribution in [0.4, 0.5) is 39.5 Å². The van der Waals surface area contributed by atoms with E-state index in [9.17, 15) is 27.2 Å². The molecular weight excluding hydrogens is 544 g/mol. The first-order valence-electron chi connectivity index (χ1n) is 13.1. The molecule has 1 aliphatic heterocycles. The summed E-state index contributed by atoms with van der Waals surface area (Å²) < 4.78 is 58.1. The molecular formula is C27H30F4N8O2. The fourth-order valence-corrected chi connectivity index (χ4v) is 4.84. The van der Waals surface area contributed by atoms with Gasteiger partial charge in [-0.05, 0) is 49.7 Å². The third-order valence-corrected chi connectivity index (χ3v) is 7.24. The van der Waals surface area contributed by atoms with Gasteiger partial charge in [0.05, 0.1) is 17.3 Å². The topological polar surface area (TPSA) is 135 Å². The zero-order valence-electron chi connectivity index (χ0n) is 22.3. The fourth-order valence-electron chi connectivity index (χ4n) is 4.84. The van der Waals surface area contributed by atoms with Crippen molar-refractivity contribution in [2.45, 2.75) is 31.6 Å². The molecule has 0 spiro atoms. The van der Waals surface area contributed by atoms with Crippen LogP contribution in [0.3, 0.4) is 0 Å². The van der Waals surface area contributed by atoms with E-state index in [0.717, 1.165) is 38.1 Å². The fraction of sp³-hybridized carbons (Fsp3) is 0.370. The van der Waals surface area contributed by atoms with E-state index >= 15 is 0 Å². The molecule has 0 bridgehead atoms. The molecule has 1 aliphatic carbocycles. The number of anilines is 3. The summed E-state index contributed by atoms with van der Waals surface area (Å²) in [6.45, 7) is 2.97. The van der Waals surface area contributed by atoms with E-state index in [2.05, 4.69) is 20.6 Å². The Morgan fingerprint density at radius 2 is 1.76 bits per heavy atom. The van der Waals surface area contributed by atoms with Crippen LogP contribution < -0.4 is 22.1 Å². The molecule has 3 aromatic rings. The third-order valence-electron chi connectivity index (χ3n) is 7.24. The van der Waals surface area contributed by atoms with Gasteiger partial charge in [0.25, 0.3) is 5.91 Å². The van der Waals surface area contributed by atoms with Gasteiger partial charge in [0.1, 0.15) is 22.9 Å². The second-order valence-corrected chi connectivity index (χ2v) is 10.4. The average molecular weight is 575 g/mol. The second-order valence-electron chi connectivity index (χ2n) is 10.4. The largest absolute Gasteiger partial charge is 0.416 e. The molecule has 2 aliphatic rings. The maximum atomic E-state index is 15.0. The first kappa shape index (κ1) is 28.4. The Kier molecular flexibility index (Phi) is 7.62. The van der Waals surface area contributed by atoms with Gasteiger partial charge in [-0.1, -0.05) is 12.1 Å². The predicted octanol–water partition coefficient (Wildman–Crippen LogP) is 4.12. The smallest absolute Gasteiger partial charge is 0.383 e. The van der Waals surface area contributed by atoms with Crippen LogP contribution in [-0.2, 0) is 12.7 Å². The van der Waals surface area contributed by atoms with E-state index in [1.807, 2.05) is 11.9 Å². The molecule has 41 heavy (non-hydrogen) atoms. The Hall–Kier alpha value is -4.17. The van der Waals surface area contributed by atoms with Crippen molar-refractivity contribution in [3.05, 3.63) is 58.9 Å². The van der Waals surface area contributed by atoms with E-state index in [4.69, 9.17) is 11.5 Å². The maximum absolute atomic E-state index is 15.0. The number of likely N-dealkylation sites (N-methyl/N-ethyl adjacent to an activating group) is 1. The zero-order valence-corrected chi connectivity index (χ0v) is 22.3. The number of carbonyl (C=O) groups excluding carboxylic acids is 2. The lowest BCUT2D eigenvalue weighted by molar-refractivity contribution is -0.138. The summed E-state index contributed by atoms with van der Waals surface area (Å²) in [6.07, 6.45) is -2.93. The minimum Gasteiger partial charge on any atom is -0.383 e. The van der Waals surface area contributed by atoms with Gasteiger partial charge in [-0.3, -0.25) is 9.69 Å². The normalized spacial score (nSPS) is 16.5. The molecule has 6 N–H and O–H groups in total. The summed E-state index contributed by atoms with van der Waals surface area (Å²) >= 11 is 0. The van der Waals surface area contributed by atoms with Gasteiger partial charge in [0, 0.05) is 44.0 Å². The third kappa shape index (κ3) is 6.28. The van der Waals surface area contributed by atoms with Crippen LogP contribution in [0.15, 0.2) is 36.4 Å². The van der Waals surface area contributed by atoms with Crippen LogP contribution in [0.2, 0.25) is 0 Å². The van der Waals surface area contributed by atoms with Crippen LogP contribution >= 0.6 is 0 Å². The number of aromatic nitrogens is 2. The molecule has 0 radical (unpaired) electrons. The quantitative estimate of drug-likeness (QED) is 0.314. The van der Waals surface area contributed by atoms with Crippen molar-refractivity contribution in [3.63, 3.8) is 0 Å². The molecule has 1 saturated carbocycles. The van der Waals surface area contributed by atoms with Crippen molar-refractivity contribution >= 4 is 29.1 Å². The molecule has 5 rings (SSSR count). The highest BCUT2D eigenvalue weighted by molar-refractivity contribution is 6.04. The van der Waals surface area contributed by atoms with Gasteiger partial charge >= 0.3 is 12.2 Å². The highest BCUT2D eigenvalue weighted by Crippen LogP contribution is 2.40. The van der Waals surface area contributed by atoms with E-state index in [1.54, 1.807) is 0 Å². The van der Waals surface area contributed by atoms with Crippen LogP contribution in [0, 0.1) is 5.82 Å². The van der Waals surface area contributed by atoms with Crippen molar-refractivity contribution in [2.75, 3.05) is 49.6 Å². The maximum Gasteiger partial charge on any atom is 0.416 e. The summed E-state index contributed by atoms with van der Waals surface area (Å²) in [5.41, 5.74) is 10.8. The Morgan fingerprint density at radius 3 is 2.37 bits per heavy atom. The molecule has 2 heterocycles. The van der Waals surface area contributed by atoms with Crippen LogP contribution in [0.25, 0.3) is 11.3 Å². The Balaban J connectivity index is 1.30. The van der Waals surface area contributed by atoms with E-state index in [0.29, 0.717) is 13.1 Å². The predicted molar refractivity (Wildman–Crippen MR) is 146 cm³/mol. The summed E-state index contributed by atoms with van der Waals surface area (Å²) in [5, 5.41) is 8.99. The van der Waals surface area contributed by atoms with Gasteiger partial charge in [0.2, 0.25) is 0 Å². The molecule has 0 unspecified atom stereocenters. The summed E-state index contributed by atoms with van der Waals surface area (Å²) in [6, 6.07) is 6.46. The number of nitrogens with two attached hydrogens (primary N) is 2. The number of nitrogen functional groups attached to an aromatic ring is 1. The number of nitrogens with one attached hydrogen (secondary N) is 2. The number of benzene rings is 2. The van der Waals surface area contributed by atoms with Gasteiger partial charge in [-0.15, -0.1) is 0 Å². The monoisotopic (exact) mass is 574 g/mol. The summed E-state index contributed by atoms with van der Waals surface area (Å²) in [7, 11) is 1.96. The molecule has 0 atom stereocenters. The molecule has 2 aromatic carbocycles. The second kappa shape index (κ2) is 11.0. The van der Waals surface area contributed by atoms with E-state index in [1.165, 1.54) is 28.9 Å². The highest BCUT2D eigenvalue weighted by Gasteiger charge is 2.34. The molecule has 14 heteroatoms. The van der Waals surface area contributed by atoms with Crippen molar-refractivity contribution in [2.24, 2.45) is 5.73 Å². The lowest BCUT2D eigenvalue weighted by Crippen LogP contribution is -2.44. The minimum absolute atomic E-state index is 0.0220. The Morgan fingerprint density at radius 1 is 1.05 bits per heavy atom. The van der Waals surface area contributed by atoms with Gasteiger partial charge in [0.15, 0.2) is 0 Å². The van der Waals surface area contributed by atoms with Crippen LogP contribution in [-0.4, -0.2) is 64.7 Å². The summed E-state index contributed by atoms with van der Waals surface area (Å²) in [5.74, 6) is -1.56. The number of alkyl halides is 3. The van der Waals surface area contributed by atoms with Gasteiger partial charge in [-0.25, -0.2) is 13.9 Å². The molecule has 1 saturated heterocycles. The van der Waals surface area contributed by atoms with Crippen molar-refractivity contribution in [3.8, 4) is 11.3 Å². The molecule has 218 valence electrons. The first-order valence-corrected chi connectivity index (χ1v) is 13.1. The molecule has 10 nitrogen and oxygen atoms in total. The Labute approximate surface area is 233 Å². The number of carbonyl (C=O) groups is 2. The number of nitrogens with zero attached hydrogens (tertiary/aromatic N) is 4. The number of primary amides is 1. The number of piperazine rings is 1. The van der Waals surface area contributed by atoms with Crippen molar-refractivity contribution < 1.29 is 27.2 Å². The number of rotatable bonds is 7. The van der Waals surface area contributed by atoms with Gasteiger partial charge < -0.3 is 27.0 Å².